The number of anilines is 1. The van der Waals surface area contributed by atoms with E-state index in [1.807, 2.05) is 38.1 Å². The Morgan fingerprint density at radius 1 is 1.06 bits per heavy atom. The standard InChI is InChI=1S/C28H29N5O2/c1-4-6-10-18-11-9-12-19(15-18)23-20-13-7-8-14-21(20)28(34)35-25(23)17(3)33-27-24(22(5-2)32-33)26(29)30-16-31-27/h7-9,11-17H,4-6,10H2,1-3H3,(H2,29,30,31). The van der Waals surface area contributed by atoms with Crippen molar-refractivity contribution in [3.8, 4) is 11.1 Å². The second-order valence-corrected chi connectivity index (χ2v) is 8.86. The van der Waals surface area contributed by atoms with Gasteiger partial charge in [0.25, 0.3) is 0 Å². The van der Waals surface area contributed by atoms with E-state index in [1.54, 1.807) is 4.68 Å². The Morgan fingerprint density at radius 3 is 2.63 bits per heavy atom. The Morgan fingerprint density at radius 2 is 1.86 bits per heavy atom. The summed E-state index contributed by atoms with van der Waals surface area (Å²) in [5.74, 6) is 0.944. The zero-order chi connectivity index (χ0) is 24.5. The van der Waals surface area contributed by atoms with Crippen LogP contribution in [-0.4, -0.2) is 19.7 Å². The fourth-order valence-electron chi connectivity index (χ4n) is 4.77. The van der Waals surface area contributed by atoms with E-state index in [1.165, 1.54) is 11.9 Å². The molecule has 5 rings (SSSR count). The first-order valence-electron chi connectivity index (χ1n) is 12.2. The Bertz CT molecular complexity index is 1580. The van der Waals surface area contributed by atoms with E-state index in [0.717, 1.165) is 46.9 Å². The first-order chi connectivity index (χ1) is 17.0. The third-order valence-corrected chi connectivity index (χ3v) is 6.57. The Hall–Kier alpha value is -4.00. The topological polar surface area (TPSA) is 99.8 Å². The molecule has 2 aromatic carbocycles. The van der Waals surface area contributed by atoms with Crippen LogP contribution in [0.3, 0.4) is 0 Å². The minimum absolute atomic E-state index is 0.366. The van der Waals surface area contributed by atoms with Crippen molar-refractivity contribution in [2.24, 2.45) is 0 Å². The van der Waals surface area contributed by atoms with Gasteiger partial charge in [-0.25, -0.2) is 19.4 Å². The van der Waals surface area contributed by atoms with Crippen LogP contribution in [0, 0.1) is 0 Å². The summed E-state index contributed by atoms with van der Waals surface area (Å²) >= 11 is 0. The Labute approximate surface area is 203 Å². The highest BCUT2D eigenvalue weighted by Crippen LogP contribution is 2.37. The lowest BCUT2D eigenvalue weighted by molar-refractivity contribution is 0.404. The molecule has 0 radical (unpaired) electrons. The molecule has 1 unspecified atom stereocenters. The summed E-state index contributed by atoms with van der Waals surface area (Å²) in [6.45, 7) is 6.19. The van der Waals surface area contributed by atoms with Crippen LogP contribution in [0.2, 0.25) is 0 Å². The van der Waals surface area contributed by atoms with E-state index in [0.29, 0.717) is 29.0 Å². The lowest BCUT2D eigenvalue weighted by Crippen LogP contribution is -2.14. The number of aryl methyl sites for hydroxylation is 2. The monoisotopic (exact) mass is 467 g/mol. The van der Waals surface area contributed by atoms with E-state index in [2.05, 4.69) is 41.2 Å². The van der Waals surface area contributed by atoms with Crippen LogP contribution in [0.4, 0.5) is 5.82 Å². The van der Waals surface area contributed by atoms with Crippen LogP contribution >= 0.6 is 0 Å². The van der Waals surface area contributed by atoms with Crippen molar-refractivity contribution in [1.29, 1.82) is 0 Å². The minimum atomic E-state index is -0.404. The summed E-state index contributed by atoms with van der Waals surface area (Å²) in [6.07, 6.45) is 5.38. The zero-order valence-electron chi connectivity index (χ0n) is 20.3. The minimum Gasteiger partial charge on any atom is -0.424 e. The van der Waals surface area contributed by atoms with Gasteiger partial charge in [0.2, 0.25) is 0 Å². The summed E-state index contributed by atoms with van der Waals surface area (Å²) in [5, 5.41) is 6.98. The Kier molecular flexibility index (Phi) is 6.07. The number of hydrogen-bond donors (Lipinski definition) is 1. The van der Waals surface area contributed by atoms with Gasteiger partial charge < -0.3 is 10.2 Å². The molecule has 1 atom stereocenters. The molecule has 0 aliphatic carbocycles. The summed E-state index contributed by atoms with van der Waals surface area (Å²) < 4.78 is 7.84. The molecule has 0 aliphatic rings. The molecule has 2 N–H and O–H groups in total. The predicted molar refractivity (Wildman–Crippen MR) is 139 cm³/mol. The summed E-state index contributed by atoms with van der Waals surface area (Å²) in [5.41, 5.74) is 10.4. The average molecular weight is 468 g/mol. The third-order valence-electron chi connectivity index (χ3n) is 6.57. The molecule has 7 heteroatoms. The van der Waals surface area contributed by atoms with Crippen molar-refractivity contribution in [3.05, 3.63) is 82.3 Å². The van der Waals surface area contributed by atoms with Crippen LogP contribution in [-0.2, 0) is 12.8 Å². The predicted octanol–water partition coefficient (Wildman–Crippen LogP) is 5.70. The summed E-state index contributed by atoms with van der Waals surface area (Å²) in [7, 11) is 0. The summed E-state index contributed by atoms with van der Waals surface area (Å²) in [6, 6.07) is 15.7. The van der Waals surface area contributed by atoms with Crippen LogP contribution in [0.15, 0.2) is 64.1 Å². The number of nitrogens with zero attached hydrogens (tertiary/aromatic N) is 4. The number of aromatic nitrogens is 4. The zero-order valence-corrected chi connectivity index (χ0v) is 20.3. The van der Waals surface area contributed by atoms with Gasteiger partial charge in [0, 0.05) is 10.9 Å². The number of unbranched alkanes of at least 4 members (excludes halogenated alkanes) is 1. The van der Waals surface area contributed by atoms with Crippen LogP contribution in [0.25, 0.3) is 32.9 Å². The van der Waals surface area contributed by atoms with Crippen LogP contribution in [0.5, 0.6) is 0 Å². The molecule has 7 nitrogen and oxygen atoms in total. The molecule has 0 bridgehead atoms. The van der Waals surface area contributed by atoms with Crippen molar-refractivity contribution >= 4 is 27.6 Å². The molecular formula is C28H29N5O2. The van der Waals surface area contributed by atoms with E-state index in [-0.39, 0.29) is 5.63 Å². The van der Waals surface area contributed by atoms with Gasteiger partial charge in [0.1, 0.15) is 23.9 Å². The van der Waals surface area contributed by atoms with Crippen molar-refractivity contribution in [3.63, 3.8) is 0 Å². The molecule has 0 spiro atoms. The van der Waals surface area contributed by atoms with Gasteiger partial charge in [0.05, 0.1) is 16.5 Å². The second kappa shape index (κ2) is 9.33. The van der Waals surface area contributed by atoms with Crippen molar-refractivity contribution < 1.29 is 4.42 Å². The maximum atomic E-state index is 13.1. The Balaban J connectivity index is 1.78. The molecule has 0 saturated heterocycles. The first kappa shape index (κ1) is 22.8. The van der Waals surface area contributed by atoms with E-state index < -0.39 is 6.04 Å². The van der Waals surface area contributed by atoms with Gasteiger partial charge in [-0.3, -0.25) is 0 Å². The summed E-state index contributed by atoms with van der Waals surface area (Å²) in [4.78, 5) is 21.7. The lowest BCUT2D eigenvalue weighted by Gasteiger charge is -2.18. The van der Waals surface area contributed by atoms with Crippen LogP contribution < -0.4 is 11.4 Å². The van der Waals surface area contributed by atoms with Gasteiger partial charge in [-0.15, -0.1) is 0 Å². The highest BCUT2D eigenvalue weighted by molar-refractivity contribution is 5.97. The quantitative estimate of drug-likeness (QED) is 0.330. The SMILES string of the molecule is CCCCc1cccc(-c2c(C(C)n3nc(CC)c4c(N)ncnc43)oc(=O)c3ccccc23)c1. The molecule has 3 heterocycles. The fourth-order valence-corrected chi connectivity index (χ4v) is 4.77. The maximum absolute atomic E-state index is 13.1. The van der Waals surface area contributed by atoms with Gasteiger partial charge in [-0.1, -0.05) is 62.7 Å². The number of nitrogen functional groups attached to an aromatic ring is 1. The average Bonchev–Trinajstić information content (AvgIpc) is 3.27. The maximum Gasteiger partial charge on any atom is 0.343 e. The molecule has 0 aliphatic heterocycles. The normalized spacial score (nSPS) is 12.4. The molecule has 0 saturated carbocycles. The molecule has 5 aromatic rings. The van der Waals surface area contributed by atoms with Crippen molar-refractivity contribution in [2.45, 2.75) is 52.5 Å². The highest BCUT2D eigenvalue weighted by atomic mass is 16.4. The molecule has 3 aromatic heterocycles. The van der Waals surface area contributed by atoms with E-state index >= 15 is 0 Å². The number of fused-ring (bicyclic) bond motifs is 2. The lowest BCUT2D eigenvalue weighted by atomic mass is 9.94. The molecular weight excluding hydrogens is 438 g/mol. The third kappa shape index (κ3) is 3.97. The first-order valence-corrected chi connectivity index (χ1v) is 12.2. The number of nitrogens with two attached hydrogens (primary N) is 1. The van der Waals surface area contributed by atoms with Gasteiger partial charge in [-0.2, -0.15) is 5.10 Å². The largest absolute Gasteiger partial charge is 0.424 e. The fraction of sp³-hybridized carbons (Fsp3) is 0.286. The van der Waals surface area contributed by atoms with Crippen molar-refractivity contribution in [2.75, 3.05) is 5.73 Å². The van der Waals surface area contributed by atoms with Gasteiger partial charge in [0.15, 0.2) is 5.65 Å². The number of rotatable bonds is 7. The van der Waals surface area contributed by atoms with Crippen LogP contribution in [0.1, 0.15) is 56.7 Å². The highest BCUT2D eigenvalue weighted by Gasteiger charge is 2.25. The molecule has 178 valence electrons. The molecule has 0 amide bonds. The van der Waals surface area contributed by atoms with Crippen molar-refractivity contribution in [1.82, 2.24) is 19.7 Å². The number of hydrogen-bond acceptors (Lipinski definition) is 6. The number of benzene rings is 2. The second-order valence-electron chi connectivity index (χ2n) is 8.86. The molecule has 0 fully saturated rings. The van der Waals surface area contributed by atoms with E-state index in [9.17, 15) is 4.79 Å². The molecule has 35 heavy (non-hydrogen) atoms. The van der Waals surface area contributed by atoms with Gasteiger partial charge in [-0.05, 0) is 43.4 Å². The van der Waals surface area contributed by atoms with E-state index in [4.69, 9.17) is 15.2 Å². The van der Waals surface area contributed by atoms with Gasteiger partial charge >= 0.3 is 5.63 Å². The smallest absolute Gasteiger partial charge is 0.343 e.